The first-order valence-electron chi connectivity index (χ1n) is 11.8. The zero-order valence-corrected chi connectivity index (χ0v) is 19.1. The van der Waals surface area contributed by atoms with Crippen molar-refractivity contribution in [3.8, 4) is 0 Å². The van der Waals surface area contributed by atoms with Gasteiger partial charge in [0.05, 0.1) is 17.8 Å². The fourth-order valence-electron chi connectivity index (χ4n) is 4.56. The van der Waals surface area contributed by atoms with Crippen molar-refractivity contribution >= 4 is 23.4 Å². The molecule has 176 valence electrons. The summed E-state index contributed by atoms with van der Waals surface area (Å²) in [5.74, 6) is 0.543. The third kappa shape index (κ3) is 6.22. The largest absolute Gasteiger partial charge is 0.456 e. The molecular weight excluding hydrogens is 420 g/mol. The highest BCUT2D eigenvalue weighted by atomic mass is 16.3. The number of benzene rings is 1. The molecule has 2 heterocycles. The second-order valence-electron chi connectivity index (χ2n) is 8.98. The van der Waals surface area contributed by atoms with Gasteiger partial charge in [0, 0.05) is 25.2 Å². The zero-order valence-electron chi connectivity index (χ0n) is 19.1. The minimum Gasteiger partial charge on any atom is -0.456 e. The molecule has 8 nitrogen and oxygen atoms in total. The first-order chi connectivity index (χ1) is 16.0. The molecule has 1 saturated carbocycles. The molecule has 0 radical (unpaired) electrons. The summed E-state index contributed by atoms with van der Waals surface area (Å²) in [6.07, 6.45) is 5.84. The van der Waals surface area contributed by atoms with Gasteiger partial charge in [-0.15, -0.1) is 0 Å². The molecule has 1 aliphatic heterocycles. The van der Waals surface area contributed by atoms with E-state index in [1.165, 1.54) is 0 Å². The molecule has 0 bridgehead atoms. The van der Waals surface area contributed by atoms with Crippen LogP contribution in [0.25, 0.3) is 0 Å². The lowest BCUT2D eigenvalue weighted by Crippen LogP contribution is -2.46. The number of hydrogen-bond donors (Lipinski definition) is 3. The fourth-order valence-corrected chi connectivity index (χ4v) is 4.56. The molecule has 0 spiro atoms. The maximum atomic E-state index is 12.7. The van der Waals surface area contributed by atoms with Gasteiger partial charge in [0.25, 0.3) is 11.8 Å². The van der Waals surface area contributed by atoms with E-state index in [1.807, 2.05) is 12.1 Å². The molecule has 2 fully saturated rings. The van der Waals surface area contributed by atoms with Crippen LogP contribution in [0.5, 0.6) is 0 Å². The van der Waals surface area contributed by atoms with E-state index in [4.69, 9.17) is 4.42 Å². The van der Waals surface area contributed by atoms with E-state index in [0.29, 0.717) is 35.9 Å². The first kappa shape index (κ1) is 23.0. The average Bonchev–Trinajstić information content (AvgIpc) is 3.47. The van der Waals surface area contributed by atoms with Gasteiger partial charge in [-0.05, 0) is 56.9 Å². The number of amides is 3. The Morgan fingerprint density at radius 2 is 1.58 bits per heavy atom. The van der Waals surface area contributed by atoms with Crippen molar-refractivity contribution in [1.29, 1.82) is 0 Å². The Kier molecular flexibility index (Phi) is 7.44. The predicted octanol–water partition coefficient (Wildman–Crippen LogP) is 3.09. The minimum atomic E-state index is -0.202. The molecule has 0 unspecified atom stereocenters. The number of furan rings is 1. The predicted molar refractivity (Wildman–Crippen MR) is 125 cm³/mol. The summed E-state index contributed by atoms with van der Waals surface area (Å²) in [6.45, 7) is 3.47. The highest BCUT2D eigenvalue weighted by molar-refractivity contribution is 6.04. The lowest BCUT2D eigenvalue weighted by molar-refractivity contribution is -0.117. The van der Waals surface area contributed by atoms with Crippen LogP contribution in [0, 0.1) is 6.92 Å². The van der Waals surface area contributed by atoms with E-state index >= 15 is 0 Å². The van der Waals surface area contributed by atoms with Crippen molar-refractivity contribution in [1.82, 2.24) is 15.5 Å². The summed E-state index contributed by atoms with van der Waals surface area (Å²) in [7, 11) is 0. The van der Waals surface area contributed by atoms with Gasteiger partial charge in [-0.25, -0.2) is 0 Å². The van der Waals surface area contributed by atoms with Gasteiger partial charge in [0.2, 0.25) is 5.91 Å². The summed E-state index contributed by atoms with van der Waals surface area (Å²) < 4.78 is 5.38. The van der Waals surface area contributed by atoms with E-state index in [0.717, 1.165) is 38.5 Å². The third-order valence-electron chi connectivity index (χ3n) is 6.39. The van der Waals surface area contributed by atoms with Gasteiger partial charge in [-0.3, -0.25) is 19.3 Å². The SMILES string of the molecule is Cc1ccc(C(=O)NC2CCN(CC(=O)Nc3ccccc3C(=O)NC3CCCC3)CC2)o1. The van der Waals surface area contributed by atoms with Crippen molar-refractivity contribution in [2.75, 3.05) is 25.0 Å². The zero-order chi connectivity index (χ0) is 23.2. The number of likely N-dealkylation sites (tertiary alicyclic amines) is 1. The lowest BCUT2D eigenvalue weighted by atomic mass is 10.0. The highest BCUT2D eigenvalue weighted by Crippen LogP contribution is 2.20. The summed E-state index contributed by atoms with van der Waals surface area (Å²) in [5.41, 5.74) is 1.03. The minimum absolute atomic E-state index is 0.0576. The maximum absolute atomic E-state index is 12.7. The fraction of sp³-hybridized carbons (Fsp3) is 0.480. The smallest absolute Gasteiger partial charge is 0.287 e. The van der Waals surface area contributed by atoms with Crippen molar-refractivity contribution in [2.45, 2.75) is 57.5 Å². The summed E-state index contributed by atoms with van der Waals surface area (Å²) in [5, 5.41) is 9.00. The number of aryl methyl sites for hydroxylation is 1. The quantitative estimate of drug-likeness (QED) is 0.599. The Labute approximate surface area is 194 Å². The van der Waals surface area contributed by atoms with E-state index in [9.17, 15) is 14.4 Å². The number of carbonyl (C=O) groups is 3. The van der Waals surface area contributed by atoms with Crippen LogP contribution >= 0.6 is 0 Å². The maximum Gasteiger partial charge on any atom is 0.287 e. The molecule has 1 aromatic heterocycles. The number of nitrogens with one attached hydrogen (secondary N) is 3. The molecule has 33 heavy (non-hydrogen) atoms. The Morgan fingerprint density at radius 3 is 2.27 bits per heavy atom. The molecule has 4 rings (SSSR count). The number of anilines is 1. The van der Waals surface area contributed by atoms with Crippen LogP contribution in [-0.2, 0) is 4.79 Å². The number of nitrogens with zero attached hydrogens (tertiary/aromatic N) is 1. The van der Waals surface area contributed by atoms with Crippen LogP contribution < -0.4 is 16.0 Å². The topological polar surface area (TPSA) is 104 Å². The molecule has 3 amide bonds. The molecule has 1 aliphatic carbocycles. The molecular formula is C25H32N4O4. The molecule has 2 aliphatic rings. The van der Waals surface area contributed by atoms with Crippen molar-refractivity contribution in [3.05, 3.63) is 53.5 Å². The third-order valence-corrected chi connectivity index (χ3v) is 6.39. The molecule has 0 atom stereocenters. The summed E-state index contributed by atoms with van der Waals surface area (Å²) in [6, 6.07) is 10.9. The number of hydrogen-bond acceptors (Lipinski definition) is 5. The monoisotopic (exact) mass is 452 g/mol. The number of carbonyl (C=O) groups excluding carboxylic acids is 3. The second-order valence-corrected chi connectivity index (χ2v) is 8.98. The number of rotatable bonds is 7. The van der Waals surface area contributed by atoms with Crippen LogP contribution in [-0.4, -0.2) is 54.3 Å². The standard InChI is InChI=1S/C25H32N4O4/c1-17-10-11-22(33-17)25(32)27-19-12-14-29(15-13-19)16-23(30)28-21-9-5-4-8-20(21)24(31)26-18-6-2-3-7-18/h4-5,8-11,18-19H,2-3,6-7,12-16H2,1H3,(H,26,31)(H,27,32)(H,28,30). The van der Waals surface area contributed by atoms with Crippen LogP contribution in [0.15, 0.2) is 40.8 Å². The molecule has 8 heteroatoms. The normalized spacial score (nSPS) is 17.6. The summed E-state index contributed by atoms with van der Waals surface area (Å²) >= 11 is 0. The van der Waals surface area contributed by atoms with Gasteiger partial charge in [0.15, 0.2) is 5.76 Å². The van der Waals surface area contributed by atoms with Gasteiger partial charge in [0.1, 0.15) is 5.76 Å². The van der Waals surface area contributed by atoms with E-state index in [-0.39, 0.29) is 36.3 Å². The lowest BCUT2D eigenvalue weighted by Gasteiger charge is -2.31. The number of piperidine rings is 1. The Bertz CT molecular complexity index is 988. The van der Waals surface area contributed by atoms with Gasteiger partial charge < -0.3 is 20.4 Å². The Morgan fingerprint density at radius 1 is 0.909 bits per heavy atom. The van der Waals surface area contributed by atoms with Gasteiger partial charge in [-0.1, -0.05) is 25.0 Å². The molecule has 3 N–H and O–H groups in total. The first-order valence-corrected chi connectivity index (χ1v) is 11.8. The van der Waals surface area contributed by atoms with Crippen LogP contribution in [0.4, 0.5) is 5.69 Å². The molecule has 2 aromatic rings. The Balaban J connectivity index is 1.24. The van der Waals surface area contributed by atoms with Crippen LogP contribution in [0.3, 0.4) is 0 Å². The van der Waals surface area contributed by atoms with E-state index in [1.54, 1.807) is 31.2 Å². The van der Waals surface area contributed by atoms with Crippen LogP contribution in [0.1, 0.15) is 65.2 Å². The molecule has 1 aromatic carbocycles. The van der Waals surface area contributed by atoms with Crippen molar-refractivity contribution < 1.29 is 18.8 Å². The molecule has 1 saturated heterocycles. The van der Waals surface area contributed by atoms with Crippen LogP contribution in [0.2, 0.25) is 0 Å². The number of para-hydroxylation sites is 1. The van der Waals surface area contributed by atoms with Gasteiger partial charge in [-0.2, -0.15) is 0 Å². The average molecular weight is 453 g/mol. The van der Waals surface area contributed by atoms with Crippen molar-refractivity contribution in [3.63, 3.8) is 0 Å². The Hall–Kier alpha value is -3.13. The van der Waals surface area contributed by atoms with Crippen molar-refractivity contribution in [2.24, 2.45) is 0 Å². The second kappa shape index (κ2) is 10.7. The highest BCUT2D eigenvalue weighted by Gasteiger charge is 2.24. The summed E-state index contributed by atoms with van der Waals surface area (Å²) in [4.78, 5) is 39.7. The van der Waals surface area contributed by atoms with E-state index < -0.39 is 0 Å². The van der Waals surface area contributed by atoms with Gasteiger partial charge >= 0.3 is 0 Å². The van der Waals surface area contributed by atoms with E-state index in [2.05, 4.69) is 20.9 Å².